The number of imidazole rings is 1. The Kier molecular flexibility index (Phi) is 4.42. The minimum Gasteiger partial charge on any atom is -0.459 e. The molecule has 156 valence electrons. The van der Waals surface area contributed by atoms with Crippen molar-refractivity contribution in [3.05, 3.63) is 58.9 Å². The van der Waals surface area contributed by atoms with Crippen LogP contribution < -0.4 is 5.56 Å². The second-order valence-electron chi connectivity index (χ2n) is 7.65. The van der Waals surface area contributed by atoms with Crippen LogP contribution in [-0.2, 0) is 18.9 Å². The van der Waals surface area contributed by atoms with Crippen LogP contribution in [0.15, 0.2) is 47.8 Å². The standard InChI is InChI=1S/C20H20N4O6/c1-20(2)29-14-12(8-27-19(26)11-6-4-3-5-7-11)28-18(15(14)30-20)24-10-23-13-16(24)21-9-22-17(13)25/h3-7,9-10,12,14-15,18H,8H2,1-2H3,(H,21,22,25)/t12-,14+,15-,18+/m1/s1. The first-order valence-corrected chi connectivity index (χ1v) is 9.56. The summed E-state index contributed by atoms with van der Waals surface area (Å²) in [5.74, 6) is -1.28. The van der Waals surface area contributed by atoms with Gasteiger partial charge in [0, 0.05) is 0 Å². The lowest BCUT2D eigenvalue weighted by molar-refractivity contribution is -0.199. The maximum absolute atomic E-state index is 12.3. The number of hydrogen-bond donors (Lipinski definition) is 1. The van der Waals surface area contributed by atoms with E-state index in [1.54, 1.807) is 28.8 Å². The van der Waals surface area contributed by atoms with Gasteiger partial charge in [-0.2, -0.15) is 0 Å². The molecular formula is C20H20N4O6. The van der Waals surface area contributed by atoms with Crippen LogP contribution in [0.5, 0.6) is 0 Å². The number of carbonyl (C=O) groups is 1. The number of benzene rings is 1. The Bertz CT molecular complexity index is 1140. The summed E-state index contributed by atoms with van der Waals surface area (Å²) < 4.78 is 25.3. The molecule has 0 spiro atoms. The van der Waals surface area contributed by atoms with Gasteiger partial charge in [0.1, 0.15) is 24.9 Å². The lowest BCUT2D eigenvalue weighted by Crippen LogP contribution is -2.33. The molecule has 0 amide bonds. The minimum absolute atomic E-state index is 0.00846. The average Bonchev–Trinajstić information content (AvgIpc) is 3.38. The van der Waals surface area contributed by atoms with Crippen molar-refractivity contribution in [2.45, 2.75) is 44.2 Å². The van der Waals surface area contributed by atoms with E-state index in [0.717, 1.165) is 0 Å². The van der Waals surface area contributed by atoms with E-state index in [1.165, 1.54) is 12.7 Å². The predicted molar refractivity (Wildman–Crippen MR) is 103 cm³/mol. The maximum Gasteiger partial charge on any atom is 0.338 e. The zero-order chi connectivity index (χ0) is 20.9. The summed E-state index contributed by atoms with van der Waals surface area (Å²) in [5, 5.41) is 0. The lowest BCUT2D eigenvalue weighted by atomic mass is 10.1. The van der Waals surface area contributed by atoms with Crippen LogP contribution >= 0.6 is 0 Å². The van der Waals surface area contributed by atoms with E-state index in [4.69, 9.17) is 18.9 Å². The number of fused-ring (bicyclic) bond motifs is 2. The first-order valence-electron chi connectivity index (χ1n) is 9.56. The van der Waals surface area contributed by atoms with Crippen LogP contribution in [0, 0.1) is 0 Å². The van der Waals surface area contributed by atoms with Crippen molar-refractivity contribution in [1.82, 2.24) is 19.5 Å². The number of nitrogens with zero attached hydrogens (tertiary/aromatic N) is 3. The van der Waals surface area contributed by atoms with Crippen LogP contribution in [-0.4, -0.2) is 56.2 Å². The quantitative estimate of drug-likeness (QED) is 0.639. The third kappa shape index (κ3) is 3.18. The molecule has 0 unspecified atom stereocenters. The number of ether oxygens (including phenoxy) is 4. The predicted octanol–water partition coefficient (Wildman–Crippen LogP) is 1.39. The molecule has 0 saturated carbocycles. The Morgan fingerprint density at radius 2 is 1.97 bits per heavy atom. The van der Waals surface area contributed by atoms with Crippen LogP contribution in [0.25, 0.3) is 11.2 Å². The van der Waals surface area contributed by atoms with E-state index in [1.807, 2.05) is 19.9 Å². The zero-order valence-corrected chi connectivity index (χ0v) is 16.3. The van der Waals surface area contributed by atoms with Gasteiger partial charge in [-0.05, 0) is 26.0 Å². The summed E-state index contributed by atoms with van der Waals surface area (Å²) in [6.45, 7) is 3.61. The molecule has 2 aromatic heterocycles. The minimum atomic E-state index is -0.833. The molecule has 2 aliphatic heterocycles. The molecular weight excluding hydrogens is 392 g/mol. The number of nitrogens with one attached hydrogen (secondary N) is 1. The third-order valence-electron chi connectivity index (χ3n) is 5.15. The lowest BCUT2D eigenvalue weighted by Gasteiger charge is -2.24. The Morgan fingerprint density at radius 3 is 2.77 bits per heavy atom. The molecule has 10 nitrogen and oxygen atoms in total. The molecule has 0 bridgehead atoms. The molecule has 2 fully saturated rings. The molecule has 10 heteroatoms. The largest absolute Gasteiger partial charge is 0.459 e. The van der Waals surface area contributed by atoms with Gasteiger partial charge in [-0.1, -0.05) is 18.2 Å². The molecule has 30 heavy (non-hydrogen) atoms. The van der Waals surface area contributed by atoms with Gasteiger partial charge in [-0.3, -0.25) is 9.36 Å². The smallest absolute Gasteiger partial charge is 0.338 e. The van der Waals surface area contributed by atoms with Gasteiger partial charge < -0.3 is 23.9 Å². The fourth-order valence-corrected chi connectivity index (χ4v) is 3.88. The van der Waals surface area contributed by atoms with Crippen LogP contribution in [0.3, 0.4) is 0 Å². The normalized spacial score (nSPS) is 27.3. The summed E-state index contributed by atoms with van der Waals surface area (Å²) in [5.41, 5.74) is 0.689. The summed E-state index contributed by atoms with van der Waals surface area (Å²) in [6, 6.07) is 8.73. The van der Waals surface area contributed by atoms with E-state index in [0.29, 0.717) is 11.2 Å². The average molecular weight is 412 g/mol. The van der Waals surface area contributed by atoms with Crippen molar-refractivity contribution < 1.29 is 23.7 Å². The van der Waals surface area contributed by atoms with Gasteiger partial charge >= 0.3 is 5.97 Å². The van der Waals surface area contributed by atoms with Gasteiger partial charge in [0.05, 0.1) is 18.2 Å². The van der Waals surface area contributed by atoms with Crippen molar-refractivity contribution >= 4 is 17.1 Å². The van der Waals surface area contributed by atoms with Crippen LogP contribution in [0.4, 0.5) is 0 Å². The highest BCUT2D eigenvalue weighted by molar-refractivity contribution is 5.89. The maximum atomic E-state index is 12.3. The van der Waals surface area contributed by atoms with Crippen molar-refractivity contribution in [3.8, 4) is 0 Å². The van der Waals surface area contributed by atoms with Crippen LogP contribution in [0.2, 0.25) is 0 Å². The molecule has 1 N–H and O–H groups in total. The molecule has 0 radical (unpaired) electrons. The third-order valence-corrected chi connectivity index (χ3v) is 5.15. The number of aromatic amines is 1. The molecule has 3 aromatic rings. The molecule has 5 rings (SSSR count). The van der Waals surface area contributed by atoms with Gasteiger partial charge in [0.25, 0.3) is 5.56 Å². The number of esters is 1. The fraction of sp³-hybridized carbons (Fsp3) is 0.400. The van der Waals surface area contributed by atoms with E-state index >= 15 is 0 Å². The highest BCUT2D eigenvalue weighted by Crippen LogP contribution is 2.43. The topological polar surface area (TPSA) is 118 Å². The van der Waals surface area contributed by atoms with Gasteiger partial charge in [0.15, 0.2) is 23.2 Å². The van der Waals surface area contributed by atoms with E-state index in [-0.39, 0.29) is 17.7 Å². The van der Waals surface area contributed by atoms with Crippen molar-refractivity contribution in [2.24, 2.45) is 0 Å². The second-order valence-corrected chi connectivity index (χ2v) is 7.65. The Balaban J connectivity index is 1.40. The monoisotopic (exact) mass is 412 g/mol. The molecule has 4 heterocycles. The molecule has 0 aliphatic carbocycles. The van der Waals surface area contributed by atoms with Crippen molar-refractivity contribution in [3.63, 3.8) is 0 Å². The highest BCUT2D eigenvalue weighted by atomic mass is 16.8. The summed E-state index contributed by atoms with van der Waals surface area (Å²) in [7, 11) is 0. The first-order chi connectivity index (χ1) is 14.4. The van der Waals surface area contributed by atoms with Gasteiger partial charge in [-0.15, -0.1) is 0 Å². The van der Waals surface area contributed by atoms with E-state index in [2.05, 4.69) is 15.0 Å². The Labute approximate surface area is 170 Å². The van der Waals surface area contributed by atoms with E-state index < -0.39 is 36.3 Å². The first kappa shape index (κ1) is 18.9. The Morgan fingerprint density at radius 1 is 1.20 bits per heavy atom. The van der Waals surface area contributed by atoms with Gasteiger partial charge in [0.2, 0.25) is 0 Å². The zero-order valence-electron chi connectivity index (χ0n) is 16.3. The summed E-state index contributed by atoms with van der Waals surface area (Å²) in [6.07, 6.45) is 0.642. The van der Waals surface area contributed by atoms with Crippen LogP contribution in [0.1, 0.15) is 30.4 Å². The second kappa shape index (κ2) is 7.01. The number of rotatable bonds is 4. The Hall–Kier alpha value is -3.08. The number of aromatic nitrogens is 4. The SMILES string of the molecule is CC1(C)O[C@@H]2[C@@H](O1)[C@@H](n1cnc3c(=O)[nH]cnc31)O[C@@H]2COC(=O)c1ccccc1. The molecule has 1 aromatic carbocycles. The number of H-pyrrole nitrogens is 1. The number of hydrogen-bond acceptors (Lipinski definition) is 8. The fourth-order valence-electron chi connectivity index (χ4n) is 3.88. The molecule has 4 atom stereocenters. The highest BCUT2D eigenvalue weighted by Gasteiger charge is 2.56. The van der Waals surface area contributed by atoms with Crippen molar-refractivity contribution in [2.75, 3.05) is 6.61 Å². The molecule has 2 saturated heterocycles. The van der Waals surface area contributed by atoms with Gasteiger partial charge in [-0.25, -0.2) is 14.8 Å². The van der Waals surface area contributed by atoms with E-state index in [9.17, 15) is 9.59 Å². The summed E-state index contributed by atoms with van der Waals surface area (Å²) >= 11 is 0. The molecule has 2 aliphatic rings. The summed E-state index contributed by atoms with van der Waals surface area (Å²) in [4.78, 5) is 35.2. The number of carbonyl (C=O) groups excluding carboxylic acids is 1. The van der Waals surface area contributed by atoms with Crippen molar-refractivity contribution in [1.29, 1.82) is 0 Å².